The molecular formula is C16H17NO. The van der Waals surface area contributed by atoms with Gasteiger partial charge in [0.15, 0.2) is 0 Å². The van der Waals surface area contributed by atoms with E-state index in [1.54, 1.807) is 0 Å². The lowest BCUT2D eigenvalue weighted by atomic mass is 10.0. The Morgan fingerprint density at radius 2 is 1.56 bits per heavy atom. The van der Waals surface area contributed by atoms with E-state index in [9.17, 15) is 5.11 Å². The molecule has 0 fully saturated rings. The molecule has 1 N–H and O–H groups in total. The summed E-state index contributed by atoms with van der Waals surface area (Å²) in [4.78, 5) is 4.48. The van der Waals surface area contributed by atoms with Crippen LogP contribution in [-0.4, -0.2) is 10.8 Å². The Balaban J connectivity index is 2.04. The van der Waals surface area contributed by atoms with Crippen molar-refractivity contribution in [2.45, 2.75) is 19.4 Å². The standard InChI is InChI=1S/C16H17NO/c1-13(17-15-10-6-3-7-11-15)12-16(18)14-8-4-2-5-9-14/h2-11,16,18H,12H2,1H3. The Hall–Kier alpha value is -1.93. The first kappa shape index (κ1) is 12.5. The number of benzene rings is 2. The third kappa shape index (κ3) is 3.54. The predicted molar refractivity (Wildman–Crippen MR) is 75.2 cm³/mol. The third-order valence-corrected chi connectivity index (χ3v) is 2.75. The van der Waals surface area contributed by atoms with E-state index in [0.29, 0.717) is 6.42 Å². The smallest absolute Gasteiger partial charge is 0.0842 e. The third-order valence-electron chi connectivity index (χ3n) is 2.75. The van der Waals surface area contributed by atoms with Gasteiger partial charge in [0.1, 0.15) is 0 Å². The van der Waals surface area contributed by atoms with Gasteiger partial charge < -0.3 is 5.11 Å². The quantitative estimate of drug-likeness (QED) is 0.806. The highest BCUT2D eigenvalue weighted by Crippen LogP contribution is 2.18. The van der Waals surface area contributed by atoms with E-state index in [4.69, 9.17) is 0 Å². The Labute approximate surface area is 108 Å². The number of hydrogen-bond acceptors (Lipinski definition) is 2. The van der Waals surface area contributed by atoms with Crippen LogP contribution < -0.4 is 0 Å². The van der Waals surface area contributed by atoms with E-state index in [-0.39, 0.29) is 0 Å². The van der Waals surface area contributed by atoms with Crippen molar-refractivity contribution in [3.8, 4) is 0 Å². The van der Waals surface area contributed by atoms with Crippen LogP contribution in [-0.2, 0) is 0 Å². The second kappa shape index (κ2) is 6.12. The van der Waals surface area contributed by atoms with Crippen molar-refractivity contribution in [3.05, 3.63) is 66.2 Å². The molecule has 2 nitrogen and oxygen atoms in total. The van der Waals surface area contributed by atoms with Gasteiger partial charge in [0.25, 0.3) is 0 Å². The minimum absolute atomic E-state index is 0.487. The van der Waals surface area contributed by atoms with Gasteiger partial charge in [-0.3, -0.25) is 4.99 Å². The van der Waals surface area contributed by atoms with E-state index < -0.39 is 6.10 Å². The number of nitrogens with zero attached hydrogens (tertiary/aromatic N) is 1. The molecule has 0 aliphatic rings. The highest BCUT2D eigenvalue weighted by atomic mass is 16.3. The number of aliphatic imine (C=N–C) groups is 1. The van der Waals surface area contributed by atoms with Crippen molar-refractivity contribution in [2.24, 2.45) is 4.99 Å². The van der Waals surface area contributed by atoms with Crippen LogP contribution in [0.25, 0.3) is 0 Å². The first-order chi connectivity index (χ1) is 8.75. The molecule has 2 aromatic rings. The van der Waals surface area contributed by atoms with Crippen molar-refractivity contribution in [2.75, 3.05) is 0 Å². The molecule has 0 aliphatic heterocycles. The summed E-state index contributed by atoms with van der Waals surface area (Å²) >= 11 is 0. The predicted octanol–water partition coefficient (Wildman–Crippen LogP) is 3.90. The Kier molecular flexibility index (Phi) is 4.26. The molecule has 0 bridgehead atoms. The highest BCUT2D eigenvalue weighted by molar-refractivity contribution is 5.85. The number of hydrogen-bond donors (Lipinski definition) is 1. The SMILES string of the molecule is CC(CC(O)c1ccccc1)=Nc1ccccc1. The first-order valence-electron chi connectivity index (χ1n) is 6.08. The lowest BCUT2D eigenvalue weighted by molar-refractivity contribution is 0.186. The van der Waals surface area contributed by atoms with Gasteiger partial charge in [-0.15, -0.1) is 0 Å². The molecule has 0 heterocycles. The van der Waals surface area contributed by atoms with Crippen molar-refractivity contribution in [1.29, 1.82) is 0 Å². The maximum absolute atomic E-state index is 10.1. The number of rotatable bonds is 4. The molecule has 18 heavy (non-hydrogen) atoms. The summed E-state index contributed by atoms with van der Waals surface area (Å²) in [6, 6.07) is 19.5. The molecule has 0 aliphatic carbocycles. The summed E-state index contributed by atoms with van der Waals surface area (Å²) in [6.45, 7) is 1.94. The van der Waals surface area contributed by atoms with Gasteiger partial charge >= 0.3 is 0 Å². The largest absolute Gasteiger partial charge is 0.388 e. The average molecular weight is 239 g/mol. The van der Waals surface area contributed by atoms with E-state index in [1.165, 1.54) is 0 Å². The van der Waals surface area contributed by atoms with Gasteiger partial charge in [-0.1, -0.05) is 48.5 Å². The Bertz CT molecular complexity index is 505. The molecule has 2 rings (SSSR count). The minimum atomic E-state index is -0.487. The van der Waals surface area contributed by atoms with Crippen LogP contribution in [0.5, 0.6) is 0 Å². The normalized spacial score (nSPS) is 13.3. The molecule has 0 amide bonds. The van der Waals surface area contributed by atoms with Crippen LogP contribution in [0.4, 0.5) is 5.69 Å². The van der Waals surface area contributed by atoms with Crippen molar-refractivity contribution >= 4 is 11.4 Å². The number of para-hydroxylation sites is 1. The van der Waals surface area contributed by atoms with Crippen LogP contribution in [0.2, 0.25) is 0 Å². The van der Waals surface area contributed by atoms with Gasteiger partial charge in [0.05, 0.1) is 11.8 Å². The molecule has 0 saturated carbocycles. The summed E-state index contributed by atoms with van der Waals surface area (Å²) in [7, 11) is 0. The van der Waals surface area contributed by atoms with Gasteiger partial charge in [-0.25, -0.2) is 0 Å². The summed E-state index contributed by atoms with van der Waals surface area (Å²) in [5, 5.41) is 10.1. The summed E-state index contributed by atoms with van der Waals surface area (Å²) < 4.78 is 0. The number of aliphatic hydroxyl groups excluding tert-OH is 1. The van der Waals surface area contributed by atoms with E-state index in [0.717, 1.165) is 17.0 Å². The molecule has 0 aromatic heterocycles. The van der Waals surface area contributed by atoms with Crippen molar-refractivity contribution in [1.82, 2.24) is 0 Å². The molecular weight excluding hydrogens is 222 g/mol. The molecule has 0 saturated heterocycles. The van der Waals surface area contributed by atoms with E-state index in [1.807, 2.05) is 67.6 Å². The summed E-state index contributed by atoms with van der Waals surface area (Å²) in [6.07, 6.45) is 0.0671. The van der Waals surface area contributed by atoms with Crippen molar-refractivity contribution < 1.29 is 5.11 Å². The van der Waals surface area contributed by atoms with Gasteiger partial charge in [-0.2, -0.15) is 0 Å². The van der Waals surface area contributed by atoms with Crippen molar-refractivity contribution in [3.63, 3.8) is 0 Å². The van der Waals surface area contributed by atoms with E-state index >= 15 is 0 Å². The lowest BCUT2D eigenvalue weighted by Gasteiger charge is -2.10. The maximum atomic E-state index is 10.1. The fourth-order valence-corrected chi connectivity index (χ4v) is 1.84. The fraction of sp³-hybridized carbons (Fsp3) is 0.188. The van der Waals surface area contributed by atoms with Gasteiger partial charge in [-0.05, 0) is 24.6 Å². The molecule has 2 aromatic carbocycles. The second-order valence-corrected chi connectivity index (χ2v) is 4.31. The summed E-state index contributed by atoms with van der Waals surface area (Å²) in [5.41, 5.74) is 2.79. The molecule has 1 unspecified atom stereocenters. The van der Waals surface area contributed by atoms with Crippen LogP contribution in [0.3, 0.4) is 0 Å². The highest BCUT2D eigenvalue weighted by Gasteiger charge is 2.08. The van der Waals surface area contributed by atoms with Gasteiger partial charge in [0, 0.05) is 12.1 Å². The average Bonchev–Trinajstić information content (AvgIpc) is 2.40. The monoisotopic (exact) mass is 239 g/mol. The zero-order valence-electron chi connectivity index (χ0n) is 10.5. The topological polar surface area (TPSA) is 32.6 Å². The molecule has 0 spiro atoms. The van der Waals surface area contributed by atoms with Crippen LogP contribution >= 0.6 is 0 Å². The molecule has 2 heteroatoms. The maximum Gasteiger partial charge on any atom is 0.0842 e. The lowest BCUT2D eigenvalue weighted by Crippen LogP contribution is -2.03. The fourth-order valence-electron chi connectivity index (χ4n) is 1.84. The first-order valence-corrected chi connectivity index (χ1v) is 6.08. The second-order valence-electron chi connectivity index (χ2n) is 4.31. The Morgan fingerprint density at radius 1 is 1.00 bits per heavy atom. The molecule has 1 atom stereocenters. The van der Waals surface area contributed by atoms with Crippen LogP contribution in [0.15, 0.2) is 65.7 Å². The number of aliphatic hydroxyl groups is 1. The Morgan fingerprint density at radius 3 is 2.17 bits per heavy atom. The minimum Gasteiger partial charge on any atom is -0.388 e. The van der Waals surface area contributed by atoms with Gasteiger partial charge in [0.2, 0.25) is 0 Å². The van der Waals surface area contributed by atoms with E-state index in [2.05, 4.69) is 4.99 Å². The zero-order valence-corrected chi connectivity index (χ0v) is 10.5. The summed E-state index contributed by atoms with van der Waals surface area (Å²) in [5.74, 6) is 0. The van der Waals surface area contributed by atoms with Crippen LogP contribution in [0.1, 0.15) is 25.0 Å². The molecule has 0 radical (unpaired) electrons. The zero-order chi connectivity index (χ0) is 12.8. The molecule has 92 valence electrons. The van der Waals surface area contributed by atoms with Crippen LogP contribution in [0, 0.1) is 0 Å².